The molecule has 15 heavy (non-hydrogen) atoms. The van der Waals surface area contributed by atoms with E-state index in [4.69, 9.17) is 0 Å². The second-order valence-corrected chi connectivity index (χ2v) is 3.60. The molecule has 0 spiro atoms. The predicted molar refractivity (Wildman–Crippen MR) is 56.2 cm³/mol. The van der Waals surface area contributed by atoms with Gasteiger partial charge < -0.3 is 10.0 Å². The van der Waals surface area contributed by atoms with Crippen LogP contribution in [0, 0.1) is 10.1 Å². The lowest BCUT2D eigenvalue weighted by atomic mass is 10.2. The Morgan fingerprint density at radius 2 is 2.00 bits per heavy atom. The number of nitro benzene ring substituents is 1. The number of rotatable bonds is 2. The number of nitro groups is 1. The van der Waals surface area contributed by atoms with Gasteiger partial charge >= 0.3 is 5.69 Å². The van der Waals surface area contributed by atoms with Gasteiger partial charge in [0.25, 0.3) is 0 Å². The lowest BCUT2D eigenvalue weighted by molar-refractivity contribution is -0.385. The maximum atomic E-state index is 10.6. The van der Waals surface area contributed by atoms with Gasteiger partial charge in [-0.1, -0.05) is 6.07 Å². The van der Waals surface area contributed by atoms with E-state index < -0.39 is 4.92 Å². The van der Waals surface area contributed by atoms with Crippen molar-refractivity contribution in [2.24, 2.45) is 0 Å². The molecule has 1 aromatic carbocycles. The fourth-order valence-electron chi connectivity index (χ4n) is 1.88. The van der Waals surface area contributed by atoms with Crippen LogP contribution in [0.4, 0.5) is 11.4 Å². The molecule has 1 aromatic rings. The molecule has 5 heteroatoms. The molecule has 1 fully saturated rings. The number of phenols is 1. The molecule has 1 saturated heterocycles. The lowest BCUT2D eigenvalue weighted by Crippen LogP contribution is -2.17. The molecular weight excluding hydrogens is 196 g/mol. The highest BCUT2D eigenvalue weighted by molar-refractivity contribution is 5.66. The lowest BCUT2D eigenvalue weighted by Gasteiger charge is -2.18. The molecule has 1 heterocycles. The van der Waals surface area contributed by atoms with Gasteiger partial charge in [0, 0.05) is 19.2 Å². The van der Waals surface area contributed by atoms with Gasteiger partial charge in [-0.25, -0.2) is 0 Å². The summed E-state index contributed by atoms with van der Waals surface area (Å²) >= 11 is 0. The summed E-state index contributed by atoms with van der Waals surface area (Å²) in [5.41, 5.74) is 0.348. The second-order valence-electron chi connectivity index (χ2n) is 3.60. The number of hydrogen-bond donors (Lipinski definition) is 1. The largest absolute Gasteiger partial charge is 0.501 e. The number of hydrogen-bond acceptors (Lipinski definition) is 4. The van der Waals surface area contributed by atoms with Crippen LogP contribution in [0.3, 0.4) is 0 Å². The van der Waals surface area contributed by atoms with Gasteiger partial charge in [-0.15, -0.1) is 0 Å². The molecule has 1 aliphatic heterocycles. The number of anilines is 1. The van der Waals surface area contributed by atoms with Crippen molar-refractivity contribution in [3.05, 3.63) is 28.3 Å². The van der Waals surface area contributed by atoms with Gasteiger partial charge in [0.05, 0.1) is 10.6 Å². The van der Waals surface area contributed by atoms with Crippen LogP contribution in [0.15, 0.2) is 18.2 Å². The average Bonchev–Trinajstić information content (AvgIpc) is 2.70. The Hall–Kier alpha value is -1.78. The fraction of sp³-hybridized carbons (Fsp3) is 0.400. The molecule has 0 aromatic heterocycles. The number of nitrogens with zero attached hydrogens (tertiary/aromatic N) is 2. The molecule has 0 amide bonds. The molecule has 1 N–H and O–H groups in total. The van der Waals surface area contributed by atoms with Crippen LogP contribution in [-0.2, 0) is 0 Å². The van der Waals surface area contributed by atoms with Crippen LogP contribution >= 0.6 is 0 Å². The topological polar surface area (TPSA) is 66.6 Å². The van der Waals surface area contributed by atoms with Gasteiger partial charge in [0.2, 0.25) is 5.75 Å². The average molecular weight is 208 g/mol. The molecule has 80 valence electrons. The summed E-state index contributed by atoms with van der Waals surface area (Å²) in [5, 5.41) is 20.4. The van der Waals surface area contributed by atoms with Gasteiger partial charge in [0.1, 0.15) is 0 Å². The first kappa shape index (κ1) is 9.76. The Balaban J connectivity index is 2.39. The zero-order valence-electron chi connectivity index (χ0n) is 8.22. The van der Waals surface area contributed by atoms with E-state index in [1.807, 2.05) is 4.90 Å². The van der Waals surface area contributed by atoms with Crippen molar-refractivity contribution in [1.82, 2.24) is 0 Å². The molecule has 0 atom stereocenters. The summed E-state index contributed by atoms with van der Waals surface area (Å²) in [6.45, 7) is 1.71. The van der Waals surface area contributed by atoms with Crippen molar-refractivity contribution < 1.29 is 10.0 Å². The third kappa shape index (κ3) is 1.72. The number of benzene rings is 1. The van der Waals surface area contributed by atoms with Crippen molar-refractivity contribution in [2.45, 2.75) is 12.8 Å². The van der Waals surface area contributed by atoms with E-state index in [1.165, 1.54) is 6.07 Å². The Kier molecular flexibility index (Phi) is 2.45. The maximum absolute atomic E-state index is 10.6. The van der Waals surface area contributed by atoms with Gasteiger partial charge in [-0.05, 0) is 18.9 Å². The summed E-state index contributed by atoms with van der Waals surface area (Å²) < 4.78 is 0. The molecule has 0 saturated carbocycles. The summed E-state index contributed by atoms with van der Waals surface area (Å²) in [6, 6.07) is 4.63. The maximum Gasteiger partial charge on any atom is 0.312 e. The smallest absolute Gasteiger partial charge is 0.312 e. The van der Waals surface area contributed by atoms with Crippen LogP contribution in [0.25, 0.3) is 0 Å². The number of aromatic hydroxyl groups is 1. The first-order chi connectivity index (χ1) is 7.20. The van der Waals surface area contributed by atoms with Crippen molar-refractivity contribution in [3.63, 3.8) is 0 Å². The van der Waals surface area contributed by atoms with E-state index in [2.05, 4.69) is 0 Å². The van der Waals surface area contributed by atoms with Crippen LogP contribution in [0.5, 0.6) is 5.75 Å². The van der Waals surface area contributed by atoms with Crippen molar-refractivity contribution in [1.29, 1.82) is 0 Å². The SMILES string of the molecule is O=[N+]([O-])c1cccc(N2CCCC2)c1O. The molecule has 5 nitrogen and oxygen atoms in total. The molecule has 1 aliphatic rings. The first-order valence-corrected chi connectivity index (χ1v) is 4.91. The quantitative estimate of drug-likeness (QED) is 0.595. The van der Waals surface area contributed by atoms with Gasteiger partial charge in [-0.2, -0.15) is 0 Å². The number of para-hydroxylation sites is 1. The van der Waals surface area contributed by atoms with Crippen molar-refractivity contribution >= 4 is 11.4 Å². The van der Waals surface area contributed by atoms with E-state index in [1.54, 1.807) is 12.1 Å². The van der Waals surface area contributed by atoms with Crippen LogP contribution in [0.2, 0.25) is 0 Å². The minimum Gasteiger partial charge on any atom is -0.501 e. The van der Waals surface area contributed by atoms with E-state index in [9.17, 15) is 15.2 Å². The molecule has 0 aliphatic carbocycles. The van der Waals surface area contributed by atoms with E-state index in [0.29, 0.717) is 5.69 Å². The van der Waals surface area contributed by atoms with Crippen LogP contribution < -0.4 is 4.90 Å². The van der Waals surface area contributed by atoms with Crippen LogP contribution in [0.1, 0.15) is 12.8 Å². The summed E-state index contributed by atoms with van der Waals surface area (Å²) in [5.74, 6) is -0.218. The summed E-state index contributed by atoms with van der Waals surface area (Å²) in [4.78, 5) is 12.0. The number of phenolic OH excluding ortho intramolecular Hbond substituents is 1. The summed E-state index contributed by atoms with van der Waals surface area (Å²) in [6.07, 6.45) is 2.14. The molecule has 2 rings (SSSR count). The fourth-order valence-corrected chi connectivity index (χ4v) is 1.88. The van der Waals surface area contributed by atoms with Gasteiger partial charge in [-0.3, -0.25) is 10.1 Å². The van der Waals surface area contributed by atoms with E-state index in [0.717, 1.165) is 25.9 Å². The highest BCUT2D eigenvalue weighted by atomic mass is 16.6. The minimum atomic E-state index is -0.561. The zero-order chi connectivity index (χ0) is 10.8. The molecule has 0 unspecified atom stereocenters. The normalized spacial score (nSPS) is 15.6. The highest BCUT2D eigenvalue weighted by Gasteiger charge is 2.21. The molecule has 0 radical (unpaired) electrons. The highest BCUT2D eigenvalue weighted by Crippen LogP contribution is 2.37. The third-order valence-corrected chi connectivity index (χ3v) is 2.64. The Labute approximate surface area is 87.1 Å². The molecule has 0 bridgehead atoms. The van der Waals surface area contributed by atoms with Crippen molar-refractivity contribution in [2.75, 3.05) is 18.0 Å². The van der Waals surface area contributed by atoms with E-state index >= 15 is 0 Å². The third-order valence-electron chi connectivity index (χ3n) is 2.64. The summed E-state index contributed by atoms with van der Waals surface area (Å²) in [7, 11) is 0. The Bertz CT molecular complexity index is 386. The second kappa shape index (κ2) is 3.76. The molecular formula is C10H12N2O3. The van der Waals surface area contributed by atoms with Gasteiger partial charge in [0.15, 0.2) is 0 Å². The minimum absolute atomic E-state index is 0.218. The predicted octanol–water partition coefficient (Wildman–Crippen LogP) is 1.90. The first-order valence-electron chi connectivity index (χ1n) is 4.91. The van der Waals surface area contributed by atoms with Crippen LogP contribution in [-0.4, -0.2) is 23.1 Å². The van der Waals surface area contributed by atoms with E-state index in [-0.39, 0.29) is 11.4 Å². The van der Waals surface area contributed by atoms with Crippen molar-refractivity contribution in [3.8, 4) is 5.75 Å². The standard InChI is InChI=1S/C10H12N2O3/c13-10-8(11-6-1-2-7-11)4-3-5-9(10)12(14)15/h3-5,13H,1-2,6-7H2. The Morgan fingerprint density at radius 1 is 1.33 bits per heavy atom. The zero-order valence-corrected chi connectivity index (χ0v) is 8.22. The Morgan fingerprint density at radius 3 is 2.60 bits per heavy atom. The monoisotopic (exact) mass is 208 g/mol.